The van der Waals surface area contributed by atoms with Crippen LogP contribution in [0.4, 0.5) is 0 Å². The Balaban J connectivity index is 1.74. The molecule has 0 aromatic carbocycles. The van der Waals surface area contributed by atoms with Crippen molar-refractivity contribution >= 4 is 27.3 Å². The van der Waals surface area contributed by atoms with Crippen molar-refractivity contribution < 1.29 is 9.47 Å². The molecule has 2 aliphatic rings. The van der Waals surface area contributed by atoms with Crippen LogP contribution < -0.4 is 0 Å². The first-order chi connectivity index (χ1) is 11.7. The standard InChI is InChI=1S/C16H21BrN4O2S/c1-22-11-4-3-5-12(23-2)13(11)21-14(19-20-16(21)17)15-18-10(8-24-15)9-6-7-9/h8-9,11-13H,3-7H2,1-2H3. The first-order valence-corrected chi connectivity index (χ1v) is 10.0. The summed E-state index contributed by atoms with van der Waals surface area (Å²) >= 11 is 5.21. The number of hydrogen-bond donors (Lipinski definition) is 0. The van der Waals surface area contributed by atoms with Crippen LogP contribution in [0.25, 0.3) is 10.8 Å². The van der Waals surface area contributed by atoms with Crippen molar-refractivity contribution in [3.8, 4) is 10.8 Å². The van der Waals surface area contributed by atoms with Gasteiger partial charge in [0.25, 0.3) is 0 Å². The summed E-state index contributed by atoms with van der Waals surface area (Å²) in [7, 11) is 3.53. The van der Waals surface area contributed by atoms with E-state index in [1.54, 1.807) is 25.6 Å². The van der Waals surface area contributed by atoms with E-state index >= 15 is 0 Å². The van der Waals surface area contributed by atoms with Crippen LogP contribution in [0.15, 0.2) is 10.1 Å². The summed E-state index contributed by atoms with van der Waals surface area (Å²) in [6.07, 6.45) is 5.78. The first kappa shape index (κ1) is 16.6. The maximum absolute atomic E-state index is 5.76. The topological polar surface area (TPSA) is 62.1 Å². The lowest BCUT2D eigenvalue weighted by molar-refractivity contribution is -0.0561. The molecule has 2 saturated carbocycles. The molecule has 0 bridgehead atoms. The Morgan fingerprint density at radius 2 is 1.83 bits per heavy atom. The summed E-state index contributed by atoms with van der Waals surface area (Å²) in [5.41, 5.74) is 1.19. The lowest BCUT2D eigenvalue weighted by Gasteiger charge is -2.37. The number of ether oxygens (including phenoxy) is 2. The molecule has 2 aromatic heterocycles. The predicted octanol–water partition coefficient (Wildman–Crippen LogP) is 3.80. The summed E-state index contributed by atoms with van der Waals surface area (Å²) in [6, 6.07) is 0.0430. The molecule has 2 unspecified atom stereocenters. The van der Waals surface area contributed by atoms with Crippen molar-refractivity contribution in [3.05, 3.63) is 15.8 Å². The van der Waals surface area contributed by atoms with Gasteiger partial charge >= 0.3 is 0 Å². The normalized spacial score (nSPS) is 27.5. The van der Waals surface area contributed by atoms with Crippen LogP contribution in [0.1, 0.15) is 49.8 Å². The summed E-state index contributed by atoms with van der Waals surface area (Å²) < 4.78 is 14.3. The Hall–Kier alpha value is -0.830. The van der Waals surface area contributed by atoms with E-state index in [2.05, 4.69) is 36.1 Å². The number of halogens is 1. The van der Waals surface area contributed by atoms with E-state index in [-0.39, 0.29) is 18.2 Å². The second-order valence-electron chi connectivity index (χ2n) is 6.48. The Morgan fingerprint density at radius 3 is 2.46 bits per heavy atom. The van der Waals surface area contributed by atoms with Crippen molar-refractivity contribution in [1.82, 2.24) is 19.7 Å². The zero-order chi connectivity index (χ0) is 16.7. The molecule has 6 nitrogen and oxygen atoms in total. The minimum absolute atomic E-state index is 0.0430. The van der Waals surface area contributed by atoms with Gasteiger partial charge in [0.1, 0.15) is 0 Å². The third kappa shape index (κ3) is 2.94. The average Bonchev–Trinajstić information content (AvgIpc) is 3.22. The largest absolute Gasteiger partial charge is 0.379 e. The van der Waals surface area contributed by atoms with Crippen molar-refractivity contribution in [2.24, 2.45) is 0 Å². The maximum atomic E-state index is 5.76. The molecular weight excluding hydrogens is 392 g/mol. The molecule has 24 heavy (non-hydrogen) atoms. The van der Waals surface area contributed by atoms with E-state index in [4.69, 9.17) is 14.5 Å². The van der Waals surface area contributed by atoms with Crippen LogP contribution in [0.2, 0.25) is 0 Å². The zero-order valence-corrected chi connectivity index (χ0v) is 16.2. The molecule has 0 aliphatic heterocycles. The molecule has 2 heterocycles. The summed E-state index contributed by atoms with van der Waals surface area (Å²) in [6.45, 7) is 0. The van der Waals surface area contributed by atoms with Gasteiger partial charge in [-0.25, -0.2) is 4.98 Å². The van der Waals surface area contributed by atoms with Crippen molar-refractivity contribution in [3.63, 3.8) is 0 Å². The third-order valence-corrected chi connectivity index (χ3v) is 6.40. The van der Waals surface area contributed by atoms with E-state index in [0.717, 1.165) is 30.1 Å². The van der Waals surface area contributed by atoms with Gasteiger partial charge in [0.05, 0.1) is 23.9 Å². The molecule has 130 valence electrons. The smallest absolute Gasteiger partial charge is 0.200 e. The minimum Gasteiger partial charge on any atom is -0.379 e. The van der Waals surface area contributed by atoms with E-state index < -0.39 is 0 Å². The fourth-order valence-corrected chi connectivity index (χ4v) is 4.95. The van der Waals surface area contributed by atoms with Crippen LogP contribution in [0, 0.1) is 0 Å². The number of aromatic nitrogens is 4. The molecule has 4 rings (SSSR count). The molecule has 2 aliphatic carbocycles. The second kappa shape index (κ2) is 6.82. The van der Waals surface area contributed by atoms with Gasteiger partial charge < -0.3 is 9.47 Å². The SMILES string of the molecule is COC1CCCC(OC)C1n1c(Br)nnc1-c1nc(C2CC2)cs1. The van der Waals surface area contributed by atoms with Crippen LogP contribution >= 0.6 is 27.3 Å². The molecule has 0 spiro atoms. The van der Waals surface area contributed by atoms with Crippen LogP contribution in [-0.2, 0) is 9.47 Å². The molecule has 8 heteroatoms. The van der Waals surface area contributed by atoms with Gasteiger partial charge in [-0.05, 0) is 48.0 Å². The predicted molar refractivity (Wildman–Crippen MR) is 95.3 cm³/mol. The molecule has 2 fully saturated rings. The van der Waals surface area contributed by atoms with Crippen molar-refractivity contribution in [1.29, 1.82) is 0 Å². The zero-order valence-electron chi connectivity index (χ0n) is 13.8. The first-order valence-electron chi connectivity index (χ1n) is 8.34. The van der Waals surface area contributed by atoms with Crippen LogP contribution in [-0.4, -0.2) is 46.2 Å². The number of rotatable bonds is 5. The monoisotopic (exact) mass is 412 g/mol. The van der Waals surface area contributed by atoms with Gasteiger partial charge in [-0.3, -0.25) is 4.57 Å². The number of nitrogens with zero attached hydrogens (tertiary/aromatic N) is 4. The van der Waals surface area contributed by atoms with Gasteiger partial charge in [0.15, 0.2) is 10.8 Å². The van der Waals surface area contributed by atoms with E-state index in [9.17, 15) is 0 Å². The highest BCUT2D eigenvalue weighted by molar-refractivity contribution is 9.10. The summed E-state index contributed by atoms with van der Waals surface area (Å²) in [5.74, 6) is 1.44. The Labute approximate surface area is 153 Å². The quantitative estimate of drug-likeness (QED) is 0.746. The molecular formula is C16H21BrN4O2S. The van der Waals surface area contributed by atoms with Crippen molar-refractivity contribution in [2.45, 2.75) is 56.3 Å². The second-order valence-corrected chi connectivity index (χ2v) is 8.05. The van der Waals surface area contributed by atoms with E-state index in [0.29, 0.717) is 10.7 Å². The van der Waals surface area contributed by atoms with Crippen LogP contribution in [0.5, 0.6) is 0 Å². The molecule has 2 atom stereocenters. The molecule has 0 saturated heterocycles. The van der Waals surface area contributed by atoms with Gasteiger partial charge in [-0.1, -0.05) is 0 Å². The highest BCUT2D eigenvalue weighted by atomic mass is 79.9. The minimum atomic E-state index is 0.0430. The Bertz CT molecular complexity index is 703. The Kier molecular flexibility index (Phi) is 4.73. The lowest BCUT2D eigenvalue weighted by Crippen LogP contribution is -2.40. The molecule has 2 aromatic rings. The van der Waals surface area contributed by atoms with Gasteiger partial charge in [0, 0.05) is 25.5 Å². The van der Waals surface area contributed by atoms with Gasteiger partial charge in [-0.15, -0.1) is 21.5 Å². The molecule has 0 amide bonds. The summed E-state index contributed by atoms with van der Waals surface area (Å²) in [5, 5.41) is 11.7. The maximum Gasteiger partial charge on any atom is 0.200 e. The number of methoxy groups -OCH3 is 2. The highest BCUT2D eigenvalue weighted by Gasteiger charge is 2.38. The Morgan fingerprint density at radius 1 is 1.12 bits per heavy atom. The fraction of sp³-hybridized carbons (Fsp3) is 0.688. The number of hydrogen-bond acceptors (Lipinski definition) is 6. The van der Waals surface area contributed by atoms with Crippen LogP contribution in [0.3, 0.4) is 0 Å². The summed E-state index contributed by atoms with van der Waals surface area (Å²) in [4.78, 5) is 4.81. The van der Waals surface area contributed by atoms with E-state index in [1.807, 2.05) is 0 Å². The molecule has 0 radical (unpaired) electrons. The fourth-order valence-electron chi connectivity index (χ4n) is 3.59. The van der Waals surface area contributed by atoms with Gasteiger partial charge in [0.2, 0.25) is 4.73 Å². The third-order valence-electron chi connectivity index (χ3n) is 5.01. The number of thiazole rings is 1. The molecule has 0 N–H and O–H groups in total. The average molecular weight is 413 g/mol. The van der Waals surface area contributed by atoms with Crippen molar-refractivity contribution in [2.75, 3.05) is 14.2 Å². The van der Waals surface area contributed by atoms with Gasteiger partial charge in [-0.2, -0.15) is 0 Å². The lowest BCUT2D eigenvalue weighted by atomic mass is 9.89. The van der Waals surface area contributed by atoms with E-state index in [1.165, 1.54) is 18.5 Å². The highest BCUT2D eigenvalue weighted by Crippen LogP contribution is 2.42.